The van der Waals surface area contributed by atoms with Gasteiger partial charge in [-0.15, -0.1) is 0 Å². The summed E-state index contributed by atoms with van der Waals surface area (Å²) >= 11 is 0. The van der Waals surface area contributed by atoms with Crippen LogP contribution in [0.1, 0.15) is 13.8 Å². The minimum Gasteiger partial charge on any atom is -0.325 e. The van der Waals surface area contributed by atoms with E-state index in [-0.39, 0.29) is 0 Å². The Kier molecular flexibility index (Phi) is 4.50. The molecule has 0 aliphatic heterocycles. The summed E-state index contributed by atoms with van der Waals surface area (Å²) in [7, 11) is 0. The average molecular weight is 138 g/mol. The Morgan fingerprint density at radius 2 is 2.30 bits per heavy atom. The molecule has 0 aliphatic carbocycles. The Hall–Kier alpha value is -0.890. The van der Waals surface area contributed by atoms with Crippen molar-refractivity contribution < 1.29 is 0 Å². The number of nitrogens with two attached hydrogens (primary N) is 1. The number of allylic oxidation sites excluding steroid dienone is 2. The van der Waals surface area contributed by atoms with Crippen LogP contribution in [0.25, 0.3) is 0 Å². The Balaban J connectivity index is 4.22. The molecule has 0 amide bonds. The lowest BCUT2D eigenvalue weighted by molar-refractivity contribution is 1.10. The number of hydrogen-bond donors (Lipinski definition) is 1. The van der Waals surface area contributed by atoms with E-state index >= 15 is 0 Å². The summed E-state index contributed by atoms with van der Waals surface area (Å²) in [5.41, 5.74) is 7.18. The summed E-state index contributed by atoms with van der Waals surface area (Å²) in [5.74, 6) is 0. The van der Waals surface area contributed by atoms with Gasteiger partial charge in [-0.25, -0.2) is 0 Å². The van der Waals surface area contributed by atoms with Crippen molar-refractivity contribution in [2.75, 3.05) is 6.54 Å². The first-order valence-electron chi connectivity index (χ1n) is 3.27. The second-order valence-electron chi connectivity index (χ2n) is 1.94. The van der Waals surface area contributed by atoms with Crippen molar-refractivity contribution >= 4 is 5.71 Å². The molecule has 0 radical (unpaired) electrons. The number of nitrogens with zero attached hydrogens (tertiary/aromatic N) is 1. The van der Waals surface area contributed by atoms with Crippen molar-refractivity contribution in [3.05, 3.63) is 24.4 Å². The summed E-state index contributed by atoms with van der Waals surface area (Å²) in [4.78, 5) is 4.17. The van der Waals surface area contributed by atoms with Crippen LogP contribution in [0.2, 0.25) is 0 Å². The molecule has 0 spiro atoms. The highest BCUT2D eigenvalue weighted by atomic mass is 14.8. The zero-order valence-electron chi connectivity index (χ0n) is 6.59. The summed E-state index contributed by atoms with van der Waals surface area (Å²) in [5, 5.41) is 0. The minimum absolute atomic E-state index is 0.488. The van der Waals surface area contributed by atoms with E-state index in [0.29, 0.717) is 6.54 Å². The second-order valence-corrected chi connectivity index (χ2v) is 1.94. The summed E-state index contributed by atoms with van der Waals surface area (Å²) < 4.78 is 0. The van der Waals surface area contributed by atoms with Gasteiger partial charge in [0.2, 0.25) is 0 Å². The molecule has 0 aromatic rings. The maximum Gasteiger partial charge on any atom is 0.0500 e. The van der Waals surface area contributed by atoms with Gasteiger partial charge in [-0.1, -0.05) is 12.7 Å². The van der Waals surface area contributed by atoms with Gasteiger partial charge in [-0.3, -0.25) is 4.99 Å². The normalized spacial score (nSPS) is 13.5. The molecule has 56 valence electrons. The van der Waals surface area contributed by atoms with Crippen LogP contribution in [0.3, 0.4) is 0 Å². The lowest BCUT2D eigenvalue weighted by atomic mass is 10.3. The molecule has 0 bridgehead atoms. The Labute approximate surface area is 62.1 Å². The van der Waals surface area contributed by atoms with Crippen LogP contribution in [0.15, 0.2) is 29.4 Å². The molecular weight excluding hydrogens is 124 g/mol. The average Bonchev–Trinajstić information content (AvgIpc) is 1.99. The van der Waals surface area contributed by atoms with Crippen LogP contribution in [-0.4, -0.2) is 12.3 Å². The molecule has 0 saturated carbocycles. The molecule has 0 saturated heterocycles. The molecule has 0 rings (SSSR count). The van der Waals surface area contributed by atoms with Crippen molar-refractivity contribution in [1.29, 1.82) is 0 Å². The minimum atomic E-state index is 0.488. The molecule has 0 aliphatic rings. The summed E-state index contributed by atoms with van der Waals surface area (Å²) in [6.45, 7) is 7.88. The quantitative estimate of drug-likeness (QED) is 0.589. The highest BCUT2D eigenvalue weighted by Gasteiger charge is 1.86. The Bertz CT molecular complexity index is 166. The van der Waals surface area contributed by atoms with Gasteiger partial charge >= 0.3 is 0 Å². The highest BCUT2D eigenvalue weighted by Crippen LogP contribution is 1.94. The van der Waals surface area contributed by atoms with E-state index in [9.17, 15) is 0 Å². The third kappa shape index (κ3) is 3.20. The maximum atomic E-state index is 5.38. The predicted octanol–water partition coefficient (Wildman–Crippen LogP) is 1.50. The second kappa shape index (κ2) is 4.94. The fraction of sp³-hybridized carbons (Fsp3) is 0.375. The Morgan fingerprint density at radius 3 is 2.60 bits per heavy atom. The van der Waals surface area contributed by atoms with Gasteiger partial charge in [-0.2, -0.15) is 0 Å². The summed E-state index contributed by atoms with van der Waals surface area (Å²) in [6, 6.07) is 0. The van der Waals surface area contributed by atoms with Crippen molar-refractivity contribution in [2.24, 2.45) is 10.7 Å². The highest BCUT2D eigenvalue weighted by molar-refractivity contribution is 5.92. The van der Waals surface area contributed by atoms with Gasteiger partial charge in [0, 0.05) is 18.0 Å². The van der Waals surface area contributed by atoms with E-state index < -0.39 is 0 Å². The lowest BCUT2D eigenvalue weighted by Gasteiger charge is -1.95. The van der Waals surface area contributed by atoms with Gasteiger partial charge in [-0.05, 0) is 19.9 Å². The molecule has 0 aromatic carbocycles. The third-order valence-electron chi connectivity index (χ3n) is 1.16. The molecule has 2 N–H and O–H groups in total. The van der Waals surface area contributed by atoms with Crippen molar-refractivity contribution in [3.8, 4) is 0 Å². The first-order chi connectivity index (χ1) is 4.74. The third-order valence-corrected chi connectivity index (χ3v) is 1.16. The molecule has 0 heterocycles. The van der Waals surface area contributed by atoms with Crippen LogP contribution in [0.5, 0.6) is 0 Å². The van der Waals surface area contributed by atoms with E-state index in [1.807, 2.05) is 19.9 Å². The topological polar surface area (TPSA) is 38.4 Å². The molecule has 2 nitrogen and oxygen atoms in total. The van der Waals surface area contributed by atoms with Crippen molar-refractivity contribution in [1.82, 2.24) is 0 Å². The Morgan fingerprint density at radius 1 is 1.70 bits per heavy atom. The lowest BCUT2D eigenvalue weighted by Crippen LogP contribution is -2.02. The maximum absolute atomic E-state index is 5.38. The molecule has 2 heteroatoms. The number of hydrogen-bond acceptors (Lipinski definition) is 2. The predicted molar refractivity (Wildman–Crippen MR) is 46.1 cm³/mol. The van der Waals surface area contributed by atoms with Crippen LogP contribution in [0, 0.1) is 0 Å². The van der Waals surface area contributed by atoms with Crippen molar-refractivity contribution in [2.45, 2.75) is 13.8 Å². The number of aliphatic imine (C=N–C) groups is 1. The van der Waals surface area contributed by atoms with Gasteiger partial charge in [0.25, 0.3) is 0 Å². The van der Waals surface area contributed by atoms with E-state index in [4.69, 9.17) is 5.73 Å². The van der Waals surface area contributed by atoms with Crippen LogP contribution >= 0.6 is 0 Å². The SMILES string of the molecule is C=C/C(C)=N\C(=C/C)CN. The summed E-state index contributed by atoms with van der Waals surface area (Å²) in [6.07, 6.45) is 3.60. The fourth-order valence-corrected chi connectivity index (χ4v) is 0.500. The zero-order chi connectivity index (χ0) is 7.98. The van der Waals surface area contributed by atoms with E-state index in [0.717, 1.165) is 11.4 Å². The fourth-order valence-electron chi connectivity index (χ4n) is 0.500. The smallest absolute Gasteiger partial charge is 0.0500 e. The molecule has 0 atom stereocenters. The van der Waals surface area contributed by atoms with E-state index in [2.05, 4.69) is 11.6 Å². The van der Waals surface area contributed by atoms with Crippen LogP contribution < -0.4 is 5.73 Å². The van der Waals surface area contributed by atoms with Crippen molar-refractivity contribution in [3.63, 3.8) is 0 Å². The molecule has 10 heavy (non-hydrogen) atoms. The first-order valence-corrected chi connectivity index (χ1v) is 3.27. The van der Waals surface area contributed by atoms with Gasteiger partial charge in [0.1, 0.15) is 0 Å². The van der Waals surface area contributed by atoms with Gasteiger partial charge in [0.05, 0.1) is 0 Å². The monoisotopic (exact) mass is 138 g/mol. The molecular formula is C8H14N2. The first kappa shape index (κ1) is 9.11. The van der Waals surface area contributed by atoms with Crippen LogP contribution in [0.4, 0.5) is 0 Å². The zero-order valence-corrected chi connectivity index (χ0v) is 6.59. The molecule has 0 fully saturated rings. The van der Waals surface area contributed by atoms with E-state index in [1.54, 1.807) is 6.08 Å². The van der Waals surface area contributed by atoms with Gasteiger partial charge < -0.3 is 5.73 Å². The van der Waals surface area contributed by atoms with Crippen LogP contribution in [-0.2, 0) is 0 Å². The van der Waals surface area contributed by atoms with E-state index in [1.165, 1.54) is 0 Å². The number of rotatable bonds is 3. The standard InChI is InChI=1S/C8H14N2/c1-4-7(3)10-8(5-2)6-9/h4-5H,1,6,9H2,2-3H3/b8-5-,10-7-. The largest absolute Gasteiger partial charge is 0.325 e. The van der Waals surface area contributed by atoms with Gasteiger partial charge in [0.15, 0.2) is 0 Å². The molecule has 0 aromatic heterocycles. The molecule has 0 unspecified atom stereocenters.